The molecule has 6 aromatic carbocycles. The maximum atomic E-state index is 5.30. The van der Waals surface area contributed by atoms with Gasteiger partial charge in [-0.05, 0) is 57.7 Å². The van der Waals surface area contributed by atoms with Crippen molar-refractivity contribution in [2.75, 3.05) is 0 Å². The minimum atomic E-state index is 1.01. The Labute approximate surface area is 287 Å². The van der Waals surface area contributed by atoms with Crippen LogP contribution in [-0.4, -0.2) is 9.97 Å². The lowest BCUT2D eigenvalue weighted by Crippen LogP contribution is -2.16. The molecule has 0 N–H and O–H groups in total. The lowest BCUT2D eigenvalue weighted by Gasteiger charge is -2.35. The first-order valence-electron chi connectivity index (χ1n) is 16.0. The van der Waals surface area contributed by atoms with Crippen LogP contribution in [0.4, 0.5) is 0 Å². The van der Waals surface area contributed by atoms with Crippen LogP contribution >= 0.6 is 22.7 Å². The third-order valence-corrected chi connectivity index (χ3v) is 10.9. The monoisotopic (exact) mass is 648 g/mol. The summed E-state index contributed by atoms with van der Waals surface area (Å²) in [5.41, 5.74) is 13.8. The van der Waals surface area contributed by atoms with E-state index in [-0.39, 0.29) is 0 Å². The van der Waals surface area contributed by atoms with Crippen LogP contribution in [0.3, 0.4) is 0 Å². The van der Waals surface area contributed by atoms with Gasteiger partial charge in [-0.15, -0.1) is 22.7 Å². The third-order valence-electron chi connectivity index (χ3n) is 8.77. The SMILES string of the molecule is c1ccc(C(=C2C(=C(c3ccccc3)c3ccccc3)C(c3nc4ccccc4s3)=C2c2nc3ccccc3s2)c2ccccc2)cc1. The van der Waals surface area contributed by atoms with Crippen molar-refractivity contribution < 1.29 is 0 Å². The van der Waals surface area contributed by atoms with Gasteiger partial charge in [0, 0.05) is 22.3 Å². The fourth-order valence-corrected chi connectivity index (χ4v) is 8.70. The first kappa shape index (κ1) is 28.5. The quantitative estimate of drug-likeness (QED) is 0.179. The standard InChI is InChI=1S/C44H28N2S2/c1-5-17-29(18-6-1)37(30-19-7-2-8-20-30)39-40(38(31-21-9-3-10-22-31)32-23-11-4-12-24-32)42(44-46-34-26-14-16-28-36(34)48-44)41(39)43-45-33-25-13-15-27-35(33)47-43/h1-28H. The predicted molar refractivity (Wildman–Crippen MR) is 204 cm³/mol. The third kappa shape index (κ3) is 4.94. The van der Waals surface area contributed by atoms with Crippen LogP contribution in [0.1, 0.15) is 32.3 Å². The molecule has 0 aliphatic heterocycles. The zero-order valence-electron chi connectivity index (χ0n) is 25.9. The highest BCUT2D eigenvalue weighted by Gasteiger charge is 2.40. The summed E-state index contributed by atoms with van der Waals surface area (Å²) in [6, 6.07) is 60.1. The number of para-hydroxylation sites is 2. The van der Waals surface area contributed by atoms with Gasteiger partial charge in [0.1, 0.15) is 10.0 Å². The van der Waals surface area contributed by atoms with Crippen molar-refractivity contribution in [3.05, 3.63) is 213 Å². The van der Waals surface area contributed by atoms with Crippen LogP contribution in [0.5, 0.6) is 0 Å². The second-order valence-electron chi connectivity index (χ2n) is 11.7. The van der Waals surface area contributed by atoms with E-state index in [1.54, 1.807) is 22.7 Å². The van der Waals surface area contributed by atoms with Crippen LogP contribution in [0.15, 0.2) is 181 Å². The molecule has 1 aliphatic carbocycles. The Morgan fingerprint density at radius 1 is 0.333 bits per heavy atom. The van der Waals surface area contributed by atoms with Gasteiger partial charge in [-0.1, -0.05) is 146 Å². The van der Waals surface area contributed by atoms with Gasteiger partial charge in [-0.2, -0.15) is 0 Å². The molecule has 2 aromatic heterocycles. The first-order valence-corrected chi connectivity index (χ1v) is 17.6. The van der Waals surface area contributed by atoms with Gasteiger partial charge in [0.05, 0.1) is 20.4 Å². The van der Waals surface area contributed by atoms with E-state index in [1.807, 2.05) is 0 Å². The molecule has 0 atom stereocenters. The maximum absolute atomic E-state index is 5.30. The number of fused-ring (bicyclic) bond motifs is 2. The largest absolute Gasteiger partial charge is 0.236 e. The normalized spacial score (nSPS) is 12.8. The van der Waals surface area contributed by atoms with E-state index in [2.05, 4.69) is 170 Å². The van der Waals surface area contributed by atoms with Gasteiger partial charge in [0.2, 0.25) is 0 Å². The van der Waals surface area contributed by atoms with Gasteiger partial charge < -0.3 is 0 Å². The Bertz CT molecular complexity index is 2190. The minimum absolute atomic E-state index is 1.01. The highest BCUT2D eigenvalue weighted by atomic mass is 32.1. The lowest BCUT2D eigenvalue weighted by atomic mass is 9.69. The zero-order valence-corrected chi connectivity index (χ0v) is 27.5. The molecule has 0 radical (unpaired) electrons. The molecule has 2 heterocycles. The number of allylic oxidation sites excluding steroid dienone is 4. The van der Waals surface area contributed by atoms with E-state index in [1.165, 1.54) is 53.9 Å². The summed E-state index contributed by atoms with van der Waals surface area (Å²) in [4.78, 5) is 10.6. The Hall–Kier alpha value is -5.68. The van der Waals surface area contributed by atoms with Crippen molar-refractivity contribution >= 4 is 65.4 Å². The molecule has 4 heteroatoms. The highest BCUT2D eigenvalue weighted by molar-refractivity contribution is 7.20. The summed E-state index contributed by atoms with van der Waals surface area (Å²) < 4.78 is 2.35. The highest BCUT2D eigenvalue weighted by Crippen LogP contribution is 2.59. The summed E-state index contributed by atoms with van der Waals surface area (Å²) in [5, 5.41) is 2.02. The Morgan fingerprint density at radius 2 is 0.625 bits per heavy atom. The lowest BCUT2D eigenvalue weighted by molar-refractivity contribution is 1.33. The van der Waals surface area contributed by atoms with E-state index in [0.717, 1.165) is 32.2 Å². The van der Waals surface area contributed by atoms with Gasteiger partial charge in [0.15, 0.2) is 0 Å². The van der Waals surface area contributed by atoms with Crippen LogP contribution < -0.4 is 0 Å². The van der Waals surface area contributed by atoms with Crippen molar-refractivity contribution in [3.8, 4) is 0 Å². The molecule has 226 valence electrons. The van der Waals surface area contributed by atoms with Crippen molar-refractivity contribution in [3.63, 3.8) is 0 Å². The fourth-order valence-electron chi connectivity index (χ4n) is 6.65. The average molecular weight is 649 g/mol. The molecule has 0 unspecified atom stereocenters. The summed E-state index contributed by atoms with van der Waals surface area (Å²) >= 11 is 3.51. The molecule has 48 heavy (non-hydrogen) atoms. The van der Waals surface area contributed by atoms with Gasteiger partial charge >= 0.3 is 0 Å². The number of thiazole rings is 2. The van der Waals surface area contributed by atoms with Crippen LogP contribution in [-0.2, 0) is 0 Å². The summed E-state index contributed by atoms with van der Waals surface area (Å²) in [7, 11) is 0. The van der Waals surface area contributed by atoms with E-state index in [4.69, 9.17) is 9.97 Å². The minimum Gasteiger partial charge on any atom is -0.236 e. The molecule has 9 rings (SSSR count). The predicted octanol–water partition coefficient (Wildman–Crippen LogP) is 11.8. The Kier molecular flexibility index (Phi) is 7.23. The second-order valence-corrected chi connectivity index (χ2v) is 13.7. The smallest absolute Gasteiger partial charge is 0.125 e. The summed E-state index contributed by atoms with van der Waals surface area (Å²) in [6.07, 6.45) is 0. The zero-order chi connectivity index (χ0) is 31.9. The average Bonchev–Trinajstić information content (AvgIpc) is 3.77. The fraction of sp³-hybridized carbons (Fsp3) is 0. The maximum Gasteiger partial charge on any atom is 0.125 e. The summed E-state index contributed by atoms with van der Waals surface area (Å²) in [5.74, 6) is 0. The van der Waals surface area contributed by atoms with Gasteiger partial charge in [0.25, 0.3) is 0 Å². The molecule has 0 bridgehead atoms. The van der Waals surface area contributed by atoms with E-state index in [0.29, 0.717) is 0 Å². The Balaban J connectivity index is 1.50. The van der Waals surface area contributed by atoms with Crippen molar-refractivity contribution in [1.82, 2.24) is 9.97 Å². The molecule has 1 aliphatic rings. The van der Waals surface area contributed by atoms with Gasteiger partial charge in [-0.25, -0.2) is 9.97 Å². The molecule has 0 fully saturated rings. The van der Waals surface area contributed by atoms with Crippen molar-refractivity contribution in [2.24, 2.45) is 0 Å². The molecule has 8 aromatic rings. The van der Waals surface area contributed by atoms with Crippen molar-refractivity contribution in [1.29, 1.82) is 0 Å². The van der Waals surface area contributed by atoms with Crippen LogP contribution in [0.2, 0.25) is 0 Å². The number of hydrogen-bond donors (Lipinski definition) is 0. The molecular formula is C44H28N2S2. The Morgan fingerprint density at radius 3 is 0.938 bits per heavy atom. The van der Waals surface area contributed by atoms with Gasteiger partial charge in [-0.3, -0.25) is 0 Å². The van der Waals surface area contributed by atoms with E-state index < -0.39 is 0 Å². The topological polar surface area (TPSA) is 25.8 Å². The molecule has 0 spiro atoms. The molecule has 0 saturated heterocycles. The summed E-state index contributed by atoms with van der Waals surface area (Å²) in [6.45, 7) is 0. The van der Waals surface area contributed by atoms with Crippen LogP contribution in [0, 0.1) is 0 Å². The number of hydrogen-bond acceptors (Lipinski definition) is 4. The first-order chi connectivity index (χ1) is 23.8. The number of aromatic nitrogens is 2. The number of rotatable bonds is 6. The van der Waals surface area contributed by atoms with E-state index >= 15 is 0 Å². The number of nitrogens with zero attached hydrogens (tertiary/aromatic N) is 2. The second kappa shape index (κ2) is 12.2. The molecule has 0 amide bonds. The molecule has 0 saturated carbocycles. The molecular weight excluding hydrogens is 621 g/mol. The van der Waals surface area contributed by atoms with Crippen molar-refractivity contribution in [2.45, 2.75) is 0 Å². The van der Waals surface area contributed by atoms with E-state index in [9.17, 15) is 0 Å². The van der Waals surface area contributed by atoms with Crippen LogP contribution in [0.25, 0.3) is 42.7 Å². The number of benzene rings is 6. The molecule has 2 nitrogen and oxygen atoms in total.